The van der Waals surface area contributed by atoms with Crippen LogP contribution in [0.15, 0.2) is 48.5 Å². The zero-order chi connectivity index (χ0) is 20.0. The summed E-state index contributed by atoms with van der Waals surface area (Å²) in [5.74, 6) is -1.71. The maximum absolute atomic E-state index is 13.0. The fourth-order valence-corrected chi connectivity index (χ4v) is 2.30. The summed E-state index contributed by atoms with van der Waals surface area (Å²) >= 11 is 0. The summed E-state index contributed by atoms with van der Waals surface area (Å²) in [6.07, 6.45) is 0. The second-order valence-electron chi connectivity index (χ2n) is 6.09. The molecule has 2 aromatic carbocycles. The van der Waals surface area contributed by atoms with Crippen LogP contribution in [-0.4, -0.2) is 24.5 Å². The van der Waals surface area contributed by atoms with E-state index in [0.717, 1.165) is 12.1 Å². The second-order valence-corrected chi connectivity index (χ2v) is 6.09. The number of benzene rings is 2. The molecule has 0 fully saturated rings. The molecule has 0 aromatic heterocycles. The molecule has 144 valence electrons. The minimum absolute atomic E-state index is 0.0342. The summed E-state index contributed by atoms with van der Waals surface area (Å²) in [6, 6.07) is 9.52. The van der Waals surface area contributed by atoms with E-state index in [-0.39, 0.29) is 17.2 Å². The first-order valence-electron chi connectivity index (χ1n) is 8.18. The highest BCUT2D eigenvalue weighted by Crippen LogP contribution is 2.18. The first kappa shape index (κ1) is 20.3. The van der Waals surface area contributed by atoms with Gasteiger partial charge in [-0.1, -0.05) is 13.8 Å². The van der Waals surface area contributed by atoms with E-state index in [1.165, 1.54) is 36.4 Å². The van der Waals surface area contributed by atoms with Crippen molar-refractivity contribution >= 4 is 17.5 Å². The molecule has 27 heavy (non-hydrogen) atoms. The molecule has 5 nitrogen and oxygen atoms in total. The van der Waals surface area contributed by atoms with Crippen molar-refractivity contribution in [2.45, 2.75) is 26.5 Å². The van der Waals surface area contributed by atoms with Crippen LogP contribution in [0.4, 0.5) is 18.9 Å². The highest BCUT2D eigenvalue weighted by Gasteiger charge is 2.25. The Morgan fingerprint density at radius 3 is 2.07 bits per heavy atom. The Morgan fingerprint density at radius 1 is 0.963 bits per heavy atom. The van der Waals surface area contributed by atoms with Crippen LogP contribution < -0.4 is 15.4 Å². The Balaban J connectivity index is 2.03. The van der Waals surface area contributed by atoms with Gasteiger partial charge in [-0.2, -0.15) is 8.78 Å². The molecule has 0 radical (unpaired) electrons. The van der Waals surface area contributed by atoms with E-state index < -0.39 is 30.3 Å². The van der Waals surface area contributed by atoms with Gasteiger partial charge in [0.1, 0.15) is 17.6 Å². The van der Waals surface area contributed by atoms with Crippen molar-refractivity contribution in [2.75, 3.05) is 5.32 Å². The minimum Gasteiger partial charge on any atom is -0.435 e. The lowest BCUT2D eigenvalue weighted by Gasteiger charge is -2.22. The first-order valence-corrected chi connectivity index (χ1v) is 8.18. The third kappa shape index (κ3) is 6.02. The molecule has 2 aromatic rings. The van der Waals surface area contributed by atoms with Crippen LogP contribution in [0.25, 0.3) is 0 Å². The van der Waals surface area contributed by atoms with E-state index in [1.54, 1.807) is 13.8 Å². The predicted octanol–water partition coefficient (Wildman–Crippen LogP) is 3.82. The number of amides is 2. The normalized spacial score (nSPS) is 12.0. The number of hydrogen-bond donors (Lipinski definition) is 2. The van der Waals surface area contributed by atoms with Gasteiger partial charge in [0, 0.05) is 11.3 Å². The number of carbonyl (C=O) groups excluding carboxylic acids is 2. The largest absolute Gasteiger partial charge is 0.435 e. The predicted molar refractivity (Wildman–Crippen MR) is 94.2 cm³/mol. The molecule has 0 saturated heterocycles. The van der Waals surface area contributed by atoms with Gasteiger partial charge in [-0.3, -0.25) is 9.59 Å². The Bertz CT molecular complexity index is 778. The van der Waals surface area contributed by atoms with Crippen LogP contribution in [0.2, 0.25) is 0 Å². The van der Waals surface area contributed by atoms with Gasteiger partial charge in [0.05, 0.1) is 0 Å². The molecule has 2 rings (SSSR count). The van der Waals surface area contributed by atoms with Gasteiger partial charge >= 0.3 is 6.61 Å². The van der Waals surface area contributed by atoms with Gasteiger partial charge in [-0.15, -0.1) is 0 Å². The van der Waals surface area contributed by atoms with Crippen LogP contribution in [0.3, 0.4) is 0 Å². The summed E-state index contributed by atoms with van der Waals surface area (Å²) in [6.45, 7) is 0.584. The average Bonchev–Trinajstić information content (AvgIpc) is 2.61. The van der Waals surface area contributed by atoms with E-state index in [1.807, 2.05) is 0 Å². The molecule has 0 bridgehead atoms. The molecule has 1 atom stereocenters. The smallest absolute Gasteiger partial charge is 0.387 e. The third-order valence-electron chi connectivity index (χ3n) is 3.69. The highest BCUT2D eigenvalue weighted by molar-refractivity contribution is 6.01. The van der Waals surface area contributed by atoms with Gasteiger partial charge in [-0.05, 0) is 54.4 Å². The van der Waals surface area contributed by atoms with Crippen LogP contribution >= 0.6 is 0 Å². The Morgan fingerprint density at radius 2 is 1.56 bits per heavy atom. The number of carbonyl (C=O) groups is 2. The fraction of sp³-hybridized carbons (Fsp3) is 0.263. The molecule has 8 heteroatoms. The summed E-state index contributed by atoms with van der Waals surface area (Å²) in [7, 11) is 0. The molecule has 0 heterocycles. The average molecular weight is 380 g/mol. The Hall–Kier alpha value is -3.03. The summed E-state index contributed by atoms with van der Waals surface area (Å²) in [4.78, 5) is 24.8. The van der Waals surface area contributed by atoms with E-state index in [4.69, 9.17) is 0 Å². The van der Waals surface area contributed by atoms with E-state index in [9.17, 15) is 22.8 Å². The molecule has 0 aliphatic rings. The van der Waals surface area contributed by atoms with Crippen molar-refractivity contribution in [3.05, 3.63) is 59.9 Å². The van der Waals surface area contributed by atoms with Crippen molar-refractivity contribution in [1.29, 1.82) is 0 Å². The number of anilines is 1. The lowest BCUT2D eigenvalue weighted by atomic mass is 10.0. The summed E-state index contributed by atoms with van der Waals surface area (Å²) < 4.78 is 41.5. The van der Waals surface area contributed by atoms with Crippen molar-refractivity contribution in [2.24, 2.45) is 5.92 Å². The minimum atomic E-state index is -2.93. The molecule has 0 unspecified atom stereocenters. The maximum Gasteiger partial charge on any atom is 0.387 e. The molecule has 0 saturated carbocycles. The maximum atomic E-state index is 13.0. The van der Waals surface area contributed by atoms with E-state index >= 15 is 0 Å². The quantitative estimate of drug-likeness (QED) is 0.767. The molecular weight excluding hydrogens is 361 g/mol. The topological polar surface area (TPSA) is 67.4 Å². The molecular formula is C19H19F3N2O3. The highest BCUT2D eigenvalue weighted by atomic mass is 19.3. The zero-order valence-electron chi connectivity index (χ0n) is 14.7. The molecule has 0 aliphatic carbocycles. The van der Waals surface area contributed by atoms with Gasteiger partial charge < -0.3 is 15.4 Å². The standard InChI is InChI=1S/C19H19F3N2O3/c1-11(2)16(24-17(25)12-3-5-13(20)6-4-12)18(26)23-14-7-9-15(10-8-14)27-19(21)22/h3-11,16,19H,1-2H3,(H,23,26)(H,24,25)/t16-/m0/s1. The number of rotatable bonds is 7. The monoisotopic (exact) mass is 380 g/mol. The van der Waals surface area contributed by atoms with Gasteiger partial charge in [0.25, 0.3) is 5.91 Å². The lowest BCUT2D eigenvalue weighted by molar-refractivity contribution is -0.118. The van der Waals surface area contributed by atoms with Gasteiger partial charge in [0.2, 0.25) is 5.91 Å². The summed E-state index contributed by atoms with van der Waals surface area (Å²) in [5, 5.41) is 5.23. The van der Waals surface area contributed by atoms with Crippen LogP contribution in [0.5, 0.6) is 5.75 Å². The number of halogens is 3. The summed E-state index contributed by atoms with van der Waals surface area (Å²) in [5.41, 5.74) is 0.589. The zero-order valence-corrected chi connectivity index (χ0v) is 14.7. The van der Waals surface area contributed by atoms with Gasteiger partial charge in [-0.25, -0.2) is 4.39 Å². The van der Waals surface area contributed by atoms with Crippen molar-refractivity contribution in [1.82, 2.24) is 5.32 Å². The number of nitrogens with one attached hydrogen (secondary N) is 2. The van der Waals surface area contributed by atoms with Crippen LogP contribution in [-0.2, 0) is 4.79 Å². The number of hydrogen-bond acceptors (Lipinski definition) is 3. The third-order valence-corrected chi connectivity index (χ3v) is 3.69. The SMILES string of the molecule is CC(C)[C@H](NC(=O)c1ccc(F)cc1)C(=O)Nc1ccc(OC(F)F)cc1. The van der Waals surface area contributed by atoms with Crippen LogP contribution in [0.1, 0.15) is 24.2 Å². The van der Waals surface area contributed by atoms with Crippen molar-refractivity contribution < 1.29 is 27.5 Å². The second kappa shape index (κ2) is 9.07. The molecule has 0 spiro atoms. The molecule has 2 N–H and O–H groups in total. The van der Waals surface area contributed by atoms with Crippen molar-refractivity contribution in [3.63, 3.8) is 0 Å². The van der Waals surface area contributed by atoms with Crippen molar-refractivity contribution in [3.8, 4) is 5.75 Å². The number of alkyl halides is 2. The Labute approximate surface area is 154 Å². The molecule has 0 aliphatic heterocycles. The Kier molecular flexibility index (Phi) is 6.81. The number of ether oxygens (including phenoxy) is 1. The van der Waals surface area contributed by atoms with Gasteiger partial charge in [0.15, 0.2) is 0 Å². The van der Waals surface area contributed by atoms with Crippen LogP contribution in [0, 0.1) is 11.7 Å². The lowest BCUT2D eigenvalue weighted by Crippen LogP contribution is -2.47. The first-order chi connectivity index (χ1) is 12.8. The fourth-order valence-electron chi connectivity index (χ4n) is 2.30. The molecule has 2 amide bonds. The van der Waals surface area contributed by atoms with E-state index in [2.05, 4.69) is 15.4 Å². The van der Waals surface area contributed by atoms with E-state index in [0.29, 0.717) is 5.69 Å².